The predicted octanol–water partition coefficient (Wildman–Crippen LogP) is 4.11. The van der Waals surface area contributed by atoms with Crippen LogP contribution in [0.2, 0.25) is 5.02 Å². The van der Waals surface area contributed by atoms with Crippen molar-refractivity contribution in [3.05, 3.63) is 88.7 Å². The van der Waals surface area contributed by atoms with Gasteiger partial charge in [0, 0.05) is 11.6 Å². The molecule has 0 spiro atoms. The predicted molar refractivity (Wildman–Crippen MR) is 112 cm³/mol. The Morgan fingerprint density at radius 1 is 1.18 bits per heavy atom. The summed E-state index contributed by atoms with van der Waals surface area (Å²) < 4.78 is 3.32. The van der Waals surface area contributed by atoms with Crippen LogP contribution in [0.25, 0.3) is 16.6 Å². The average Bonchev–Trinajstić information content (AvgIpc) is 3.18. The van der Waals surface area contributed by atoms with Gasteiger partial charge in [0.25, 0.3) is 5.56 Å². The van der Waals surface area contributed by atoms with Crippen LogP contribution in [-0.2, 0) is 12.3 Å². The maximum absolute atomic E-state index is 12.8. The third kappa shape index (κ3) is 3.72. The summed E-state index contributed by atoms with van der Waals surface area (Å²) in [6.45, 7) is 4.12. The first-order valence-corrected chi connectivity index (χ1v) is 9.92. The van der Waals surface area contributed by atoms with Crippen LogP contribution >= 0.6 is 23.4 Å². The first-order valence-electron chi connectivity index (χ1n) is 8.55. The fourth-order valence-corrected chi connectivity index (χ4v) is 3.80. The lowest BCUT2D eigenvalue weighted by molar-refractivity contribution is 0.671. The highest BCUT2D eigenvalue weighted by Gasteiger charge is 2.13. The molecule has 0 aliphatic heterocycles. The van der Waals surface area contributed by atoms with E-state index in [-0.39, 0.29) is 5.56 Å². The Morgan fingerprint density at radius 2 is 2.00 bits per heavy atom. The highest BCUT2D eigenvalue weighted by atomic mass is 35.5. The SMILES string of the molecule is C=CCn1c(SCc2ncn(-c3ccccc3)n2)nc2cc(Cl)ccc2c1=O. The van der Waals surface area contributed by atoms with Crippen molar-refractivity contribution in [2.75, 3.05) is 0 Å². The van der Waals surface area contributed by atoms with Crippen molar-refractivity contribution in [2.24, 2.45) is 0 Å². The molecule has 0 amide bonds. The van der Waals surface area contributed by atoms with Gasteiger partial charge in [-0.1, -0.05) is 47.6 Å². The van der Waals surface area contributed by atoms with Gasteiger partial charge in [-0.2, -0.15) is 5.10 Å². The van der Waals surface area contributed by atoms with E-state index in [9.17, 15) is 4.79 Å². The van der Waals surface area contributed by atoms with Crippen molar-refractivity contribution in [3.8, 4) is 5.69 Å². The average molecular weight is 410 g/mol. The van der Waals surface area contributed by atoms with E-state index in [1.54, 1.807) is 39.9 Å². The molecule has 4 aromatic rings. The molecular weight excluding hydrogens is 394 g/mol. The Balaban J connectivity index is 1.64. The molecule has 0 saturated heterocycles. The number of aromatic nitrogens is 5. The van der Waals surface area contributed by atoms with Crippen LogP contribution in [0.1, 0.15) is 5.82 Å². The Hall–Kier alpha value is -2.90. The number of halogens is 1. The fraction of sp³-hybridized carbons (Fsp3) is 0.100. The first-order chi connectivity index (χ1) is 13.7. The van der Waals surface area contributed by atoms with Crippen molar-refractivity contribution < 1.29 is 0 Å². The summed E-state index contributed by atoms with van der Waals surface area (Å²) in [6, 6.07) is 14.9. The smallest absolute Gasteiger partial charge is 0.262 e. The Kier molecular flexibility index (Phi) is 5.27. The van der Waals surface area contributed by atoms with Crippen LogP contribution in [0.3, 0.4) is 0 Å². The number of para-hydroxylation sites is 1. The molecule has 0 bridgehead atoms. The summed E-state index contributed by atoms with van der Waals surface area (Å²) in [4.78, 5) is 21.8. The van der Waals surface area contributed by atoms with Crippen LogP contribution in [0, 0.1) is 0 Å². The number of allylic oxidation sites excluding steroid dienone is 1. The first kappa shape index (κ1) is 18.5. The van der Waals surface area contributed by atoms with E-state index >= 15 is 0 Å². The zero-order valence-electron chi connectivity index (χ0n) is 14.8. The van der Waals surface area contributed by atoms with Crippen LogP contribution in [0.5, 0.6) is 0 Å². The lowest BCUT2D eigenvalue weighted by Crippen LogP contribution is -2.22. The molecule has 2 aromatic heterocycles. The summed E-state index contributed by atoms with van der Waals surface area (Å²) in [7, 11) is 0. The normalized spacial score (nSPS) is 11.0. The van der Waals surface area contributed by atoms with Gasteiger partial charge in [0.1, 0.15) is 6.33 Å². The molecule has 28 heavy (non-hydrogen) atoms. The van der Waals surface area contributed by atoms with Gasteiger partial charge in [-0.25, -0.2) is 14.6 Å². The van der Waals surface area contributed by atoms with E-state index in [0.29, 0.717) is 39.2 Å². The summed E-state index contributed by atoms with van der Waals surface area (Å²) >= 11 is 7.47. The quantitative estimate of drug-likeness (QED) is 0.272. The van der Waals surface area contributed by atoms with E-state index in [1.165, 1.54) is 11.8 Å². The minimum Gasteiger partial charge on any atom is -0.283 e. The van der Waals surface area contributed by atoms with Crippen LogP contribution < -0.4 is 5.56 Å². The fourth-order valence-electron chi connectivity index (χ4n) is 2.77. The monoisotopic (exact) mass is 409 g/mol. The van der Waals surface area contributed by atoms with Gasteiger partial charge in [-0.05, 0) is 30.3 Å². The molecule has 6 nitrogen and oxygen atoms in total. The second-order valence-electron chi connectivity index (χ2n) is 5.99. The van der Waals surface area contributed by atoms with Gasteiger partial charge in [0.15, 0.2) is 11.0 Å². The van der Waals surface area contributed by atoms with Gasteiger partial charge >= 0.3 is 0 Å². The minimum atomic E-state index is -0.119. The van der Waals surface area contributed by atoms with E-state index in [4.69, 9.17) is 11.6 Å². The van der Waals surface area contributed by atoms with Gasteiger partial charge < -0.3 is 0 Å². The van der Waals surface area contributed by atoms with Crippen molar-refractivity contribution in [1.82, 2.24) is 24.3 Å². The number of hydrogen-bond acceptors (Lipinski definition) is 5. The van der Waals surface area contributed by atoms with Crippen LogP contribution in [0.4, 0.5) is 0 Å². The molecular formula is C20H16ClN5OS. The van der Waals surface area contributed by atoms with Crippen molar-refractivity contribution in [3.63, 3.8) is 0 Å². The lowest BCUT2D eigenvalue weighted by Gasteiger charge is -2.11. The second-order valence-corrected chi connectivity index (χ2v) is 7.37. The van der Waals surface area contributed by atoms with Crippen molar-refractivity contribution >= 4 is 34.3 Å². The zero-order valence-corrected chi connectivity index (χ0v) is 16.4. The molecule has 2 heterocycles. The molecule has 0 radical (unpaired) electrons. The van der Waals surface area contributed by atoms with Gasteiger partial charge in [0.2, 0.25) is 0 Å². The summed E-state index contributed by atoms with van der Waals surface area (Å²) in [5, 5.41) is 6.15. The van der Waals surface area contributed by atoms with Crippen LogP contribution in [0.15, 0.2) is 77.5 Å². The number of rotatable bonds is 6. The topological polar surface area (TPSA) is 65.6 Å². The molecule has 140 valence electrons. The van der Waals surface area contributed by atoms with Gasteiger partial charge in [0.05, 0.1) is 22.3 Å². The molecule has 0 fully saturated rings. The van der Waals surface area contributed by atoms with E-state index in [0.717, 1.165) is 5.69 Å². The number of thioether (sulfide) groups is 1. The third-order valence-corrected chi connectivity index (χ3v) is 5.29. The van der Waals surface area contributed by atoms with E-state index < -0.39 is 0 Å². The zero-order chi connectivity index (χ0) is 19.5. The molecule has 0 aliphatic carbocycles. The van der Waals surface area contributed by atoms with Crippen LogP contribution in [-0.4, -0.2) is 24.3 Å². The van der Waals surface area contributed by atoms with Gasteiger partial charge in [-0.3, -0.25) is 9.36 Å². The minimum absolute atomic E-state index is 0.119. The Morgan fingerprint density at radius 3 is 2.79 bits per heavy atom. The highest BCUT2D eigenvalue weighted by Crippen LogP contribution is 2.22. The van der Waals surface area contributed by atoms with E-state index in [1.807, 2.05) is 30.3 Å². The number of benzene rings is 2. The van der Waals surface area contributed by atoms with Crippen molar-refractivity contribution in [1.29, 1.82) is 0 Å². The lowest BCUT2D eigenvalue weighted by atomic mass is 10.2. The molecule has 0 atom stereocenters. The molecule has 4 rings (SSSR count). The molecule has 0 N–H and O–H groups in total. The molecule has 8 heteroatoms. The Bertz CT molecular complexity index is 1200. The maximum atomic E-state index is 12.8. The maximum Gasteiger partial charge on any atom is 0.262 e. The third-order valence-electron chi connectivity index (χ3n) is 4.08. The number of hydrogen-bond donors (Lipinski definition) is 0. The van der Waals surface area contributed by atoms with Crippen molar-refractivity contribution in [2.45, 2.75) is 17.5 Å². The number of nitrogens with zero attached hydrogens (tertiary/aromatic N) is 5. The van der Waals surface area contributed by atoms with Gasteiger partial charge in [-0.15, -0.1) is 6.58 Å². The Labute approximate surface area is 170 Å². The molecule has 0 unspecified atom stereocenters. The summed E-state index contributed by atoms with van der Waals surface area (Å²) in [6.07, 6.45) is 3.35. The largest absolute Gasteiger partial charge is 0.283 e. The van der Waals surface area contributed by atoms with E-state index in [2.05, 4.69) is 21.6 Å². The molecule has 0 aliphatic rings. The highest BCUT2D eigenvalue weighted by molar-refractivity contribution is 7.98. The molecule has 2 aromatic carbocycles. The summed E-state index contributed by atoms with van der Waals surface area (Å²) in [5.74, 6) is 1.13. The standard InChI is InChI=1S/C20H16ClN5OS/c1-2-10-25-19(27)16-9-8-14(21)11-17(16)23-20(25)28-12-18-22-13-26(24-18)15-6-4-3-5-7-15/h2-9,11,13H,1,10,12H2. The summed E-state index contributed by atoms with van der Waals surface area (Å²) in [5.41, 5.74) is 1.39. The number of fused-ring (bicyclic) bond motifs is 1. The second kappa shape index (κ2) is 8.00. The molecule has 0 saturated carbocycles.